The van der Waals surface area contributed by atoms with Gasteiger partial charge < -0.3 is 5.32 Å². The first-order valence-electron chi connectivity index (χ1n) is 7.19. The highest BCUT2D eigenvalue weighted by atomic mass is 15.2. The van der Waals surface area contributed by atoms with Crippen molar-refractivity contribution in [3.8, 4) is 0 Å². The summed E-state index contributed by atoms with van der Waals surface area (Å²) in [6.07, 6.45) is 5.73. The Labute approximate surface area is 111 Å². The van der Waals surface area contributed by atoms with E-state index in [-0.39, 0.29) is 0 Å². The third-order valence-electron chi connectivity index (χ3n) is 3.79. The molecule has 1 saturated heterocycles. The molecule has 3 nitrogen and oxygen atoms in total. The first kappa shape index (κ1) is 13.5. The van der Waals surface area contributed by atoms with E-state index in [0.29, 0.717) is 12.1 Å². The molecule has 2 rings (SSSR count). The van der Waals surface area contributed by atoms with E-state index < -0.39 is 0 Å². The summed E-state index contributed by atoms with van der Waals surface area (Å²) in [5.41, 5.74) is 1.18. The van der Waals surface area contributed by atoms with Crippen LogP contribution in [0.3, 0.4) is 0 Å². The fourth-order valence-electron chi connectivity index (χ4n) is 2.74. The van der Waals surface area contributed by atoms with Crippen molar-refractivity contribution >= 4 is 0 Å². The summed E-state index contributed by atoms with van der Waals surface area (Å²) in [4.78, 5) is 7.06. The first-order valence-corrected chi connectivity index (χ1v) is 7.19. The molecule has 1 aromatic heterocycles. The maximum Gasteiger partial charge on any atom is 0.0572 e. The van der Waals surface area contributed by atoms with Crippen molar-refractivity contribution in [1.82, 2.24) is 15.2 Å². The van der Waals surface area contributed by atoms with E-state index in [1.807, 2.05) is 12.3 Å². The van der Waals surface area contributed by atoms with Gasteiger partial charge in [-0.2, -0.15) is 0 Å². The summed E-state index contributed by atoms with van der Waals surface area (Å²) in [6, 6.07) is 7.28. The van der Waals surface area contributed by atoms with Gasteiger partial charge in [0.1, 0.15) is 0 Å². The molecule has 1 fully saturated rings. The van der Waals surface area contributed by atoms with Crippen molar-refractivity contribution in [3.05, 3.63) is 30.1 Å². The molecule has 18 heavy (non-hydrogen) atoms. The molecular formula is C15H25N3. The lowest BCUT2D eigenvalue weighted by atomic mass is 10.1. The molecule has 0 spiro atoms. The zero-order valence-corrected chi connectivity index (χ0v) is 11.6. The van der Waals surface area contributed by atoms with Gasteiger partial charge in [-0.25, -0.2) is 0 Å². The standard InChI is InChI=1S/C15H25N3/c1-3-11-18(12-14-7-6-10-16-14)13(2)15-8-4-5-9-17-15/h4-5,8-9,13-14,16H,3,6-7,10-12H2,1-2H3. The minimum Gasteiger partial charge on any atom is -0.313 e. The predicted molar refractivity (Wildman–Crippen MR) is 75.5 cm³/mol. The Morgan fingerprint density at radius 1 is 1.50 bits per heavy atom. The number of rotatable bonds is 6. The van der Waals surface area contributed by atoms with Crippen LogP contribution in [-0.4, -0.2) is 35.6 Å². The van der Waals surface area contributed by atoms with Crippen LogP contribution in [-0.2, 0) is 0 Å². The van der Waals surface area contributed by atoms with Crippen molar-refractivity contribution in [2.75, 3.05) is 19.6 Å². The van der Waals surface area contributed by atoms with Gasteiger partial charge in [0.15, 0.2) is 0 Å². The van der Waals surface area contributed by atoms with Gasteiger partial charge in [-0.3, -0.25) is 9.88 Å². The van der Waals surface area contributed by atoms with Gasteiger partial charge in [0, 0.05) is 24.8 Å². The van der Waals surface area contributed by atoms with Gasteiger partial charge in [0.05, 0.1) is 5.69 Å². The summed E-state index contributed by atoms with van der Waals surface area (Å²) < 4.78 is 0. The zero-order chi connectivity index (χ0) is 12.8. The number of pyridine rings is 1. The van der Waals surface area contributed by atoms with Crippen LogP contribution < -0.4 is 5.32 Å². The Kier molecular flexibility index (Phi) is 5.14. The zero-order valence-electron chi connectivity index (χ0n) is 11.6. The number of nitrogens with zero attached hydrogens (tertiary/aromatic N) is 2. The number of nitrogens with one attached hydrogen (secondary N) is 1. The lowest BCUT2D eigenvalue weighted by molar-refractivity contribution is 0.189. The molecule has 0 radical (unpaired) electrons. The molecule has 1 N–H and O–H groups in total. The molecule has 0 aliphatic carbocycles. The fourth-order valence-corrected chi connectivity index (χ4v) is 2.74. The number of hydrogen-bond donors (Lipinski definition) is 1. The number of hydrogen-bond acceptors (Lipinski definition) is 3. The second-order valence-corrected chi connectivity index (χ2v) is 5.22. The molecule has 1 aliphatic heterocycles. The Morgan fingerprint density at radius 2 is 2.39 bits per heavy atom. The molecule has 0 aromatic carbocycles. The van der Waals surface area contributed by atoms with E-state index in [4.69, 9.17) is 0 Å². The SMILES string of the molecule is CCCN(CC1CCCN1)C(C)c1ccccn1. The molecule has 0 saturated carbocycles. The van der Waals surface area contributed by atoms with Crippen LogP contribution in [0, 0.1) is 0 Å². The van der Waals surface area contributed by atoms with Gasteiger partial charge >= 0.3 is 0 Å². The normalized spacial score (nSPS) is 21.4. The van der Waals surface area contributed by atoms with Gasteiger partial charge in [-0.05, 0) is 51.4 Å². The van der Waals surface area contributed by atoms with E-state index in [0.717, 1.165) is 13.1 Å². The predicted octanol–water partition coefficient (Wildman–Crippen LogP) is 2.61. The topological polar surface area (TPSA) is 28.2 Å². The number of aromatic nitrogens is 1. The molecular weight excluding hydrogens is 222 g/mol. The summed E-state index contributed by atoms with van der Waals surface area (Å²) in [5.74, 6) is 0. The minimum atomic E-state index is 0.411. The van der Waals surface area contributed by atoms with Crippen LogP contribution in [0.1, 0.15) is 44.8 Å². The first-order chi connectivity index (χ1) is 8.81. The van der Waals surface area contributed by atoms with Crippen LogP contribution >= 0.6 is 0 Å². The van der Waals surface area contributed by atoms with Crippen LogP contribution in [0.15, 0.2) is 24.4 Å². The van der Waals surface area contributed by atoms with E-state index in [2.05, 4.69) is 41.2 Å². The maximum atomic E-state index is 4.49. The van der Waals surface area contributed by atoms with Crippen molar-refractivity contribution in [2.24, 2.45) is 0 Å². The molecule has 0 amide bonds. The van der Waals surface area contributed by atoms with Crippen molar-refractivity contribution < 1.29 is 0 Å². The largest absolute Gasteiger partial charge is 0.313 e. The van der Waals surface area contributed by atoms with Crippen LogP contribution in [0.25, 0.3) is 0 Å². The smallest absolute Gasteiger partial charge is 0.0572 e. The Hall–Kier alpha value is -0.930. The second kappa shape index (κ2) is 6.86. The molecule has 2 atom stereocenters. The van der Waals surface area contributed by atoms with Gasteiger partial charge in [-0.1, -0.05) is 13.0 Å². The monoisotopic (exact) mass is 247 g/mol. The van der Waals surface area contributed by atoms with Crippen LogP contribution in [0.5, 0.6) is 0 Å². The molecule has 3 heteroatoms. The van der Waals surface area contributed by atoms with E-state index >= 15 is 0 Å². The lowest BCUT2D eigenvalue weighted by Gasteiger charge is -2.30. The van der Waals surface area contributed by atoms with Crippen LogP contribution in [0.2, 0.25) is 0 Å². The Bertz CT molecular complexity index is 333. The van der Waals surface area contributed by atoms with Crippen molar-refractivity contribution in [2.45, 2.75) is 45.2 Å². The van der Waals surface area contributed by atoms with Gasteiger partial charge in [-0.15, -0.1) is 0 Å². The summed E-state index contributed by atoms with van der Waals surface area (Å²) in [6.45, 7) is 8.00. The fraction of sp³-hybridized carbons (Fsp3) is 0.667. The lowest BCUT2D eigenvalue weighted by Crippen LogP contribution is -2.39. The minimum absolute atomic E-state index is 0.411. The highest BCUT2D eigenvalue weighted by Crippen LogP contribution is 2.20. The van der Waals surface area contributed by atoms with Crippen LogP contribution in [0.4, 0.5) is 0 Å². The second-order valence-electron chi connectivity index (χ2n) is 5.22. The Balaban J connectivity index is 1.99. The maximum absolute atomic E-state index is 4.49. The van der Waals surface area contributed by atoms with Gasteiger partial charge in [0.2, 0.25) is 0 Å². The van der Waals surface area contributed by atoms with Crippen molar-refractivity contribution in [3.63, 3.8) is 0 Å². The molecule has 2 unspecified atom stereocenters. The molecule has 1 aliphatic rings. The average Bonchev–Trinajstić information content (AvgIpc) is 2.91. The molecule has 100 valence electrons. The van der Waals surface area contributed by atoms with E-state index in [1.54, 1.807) is 0 Å². The molecule has 2 heterocycles. The Morgan fingerprint density at radius 3 is 3.00 bits per heavy atom. The highest BCUT2D eigenvalue weighted by Gasteiger charge is 2.22. The van der Waals surface area contributed by atoms with Gasteiger partial charge in [0.25, 0.3) is 0 Å². The quantitative estimate of drug-likeness (QED) is 0.837. The molecule has 0 bridgehead atoms. The third kappa shape index (κ3) is 3.53. The summed E-state index contributed by atoms with van der Waals surface area (Å²) in [7, 11) is 0. The van der Waals surface area contributed by atoms with E-state index in [1.165, 1.54) is 31.5 Å². The summed E-state index contributed by atoms with van der Waals surface area (Å²) >= 11 is 0. The molecule has 1 aromatic rings. The van der Waals surface area contributed by atoms with E-state index in [9.17, 15) is 0 Å². The third-order valence-corrected chi connectivity index (χ3v) is 3.79. The highest BCUT2D eigenvalue weighted by molar-refractivity contribution is 5.08. The average molecular weight is 247 g/mol. The van der Waals surface area contributed by atoms with Crippen molar-refractivity contribution in [1.29, 1.82) is 0 Å². The summed E-state index contributed by atoms with van der Waals surface area (Å²) in [5, 5.41) is 3.59.